The lowest BCUT2D eigenvalue weighted by Gasteiger charge is -2.33. The SMILES string of the molecule is Cc1ccc2c(c1)N(c1ccc(C=C(Br)Br)cn1)C(=O)N(C1CCOCC1)N=C2C1CCCCC1. The van der Waals surface area contributed by atoms with E-state index in [1.165, 1.54) is 19.3 Å². The molecule has 1 saturated carbocycles. The summed E-state index contributed by atoms with van der Waals surface area (Å²) in [5, 5.41) is 6.90. The van der Waals surface area contributed by atoms with Crippen molar-refractivity contribution in [1.82, 2.24) is 9.99 Å². The summed E-state index contributed by atoms with van der Waals surface area (Å²) < 4.78 is 6.44. The highest BCUT2D eigenvalue weighted by atomic mass is 79.9. The molecule has 1 aromatic carbocycles. The zero-order valence-electron chi connectivity index (χ0n) is 19.9. The van der Waals surface area contributed by atoms with E-state index in [4.69, 9.17) is 14.8 Å². The van der Waals surface area contributed by atoms with E-state index in [1.807, 2.05) is 18.2 Å². The number of aromatic nitrogens is 1. The molecule has 8 heteroatoms. The number of hydrogen-bond donors (Lipinski definition) is 0. The maximum Gasteiger partial charge on any atom is 0.351 e. The molecule has 35 heavy (non-hydrogen) atoms. The fourth-order valence-electron chi connectivity index (χ4n) is 5.27. The van der Waals surface area contributed by atoms with Crippen molar-refractivity contribution < 1.29 is 9.53 Å². The number of ether oxygens (including phenoxy) is 1. The maximum absolute atomic E-state index is 14.2. The van der Waals surface area contributed by atoms with Gasteiger partial charge in [0, 0.05) is 30.9 Å². The number of pyridine rings is 1. The molecule has 184 valence electrons. The minimum absolute atomic E-state index is 0.0132. The van der Waals surface area contributed by atoms with Crippen molar-refractivity contribution >= 4 is 61.2 Å². The zero-order chi connectivity index (χ0) is 24.4. The summed E-state index contributed by atoms with van der Waals surface area (Å²) in [7, 11) is 0. The first-order valence-corrected chi connectivity index (χ1v) is 14.0. The minimum Gasteiger partial charge on any atom is -0.381 e. The van der Waals surface area contributed by atoms with Crippen LogP contribution in [0.3, 0.4) is 0 Å². The predicted molar refractivity (Wildman–Crippen MR) is 148 cm³/mol. The van der Waals surface area contributed by atoms with E-state index in [0.29, 0.717) is 24.9 Å². The molecule has 0 N–H and O–H groups in total. The third-order valence-electron chi connectivity index (χ3n) is 7.08. The van der Waals surface area contributed by atoms with E-state index in [2.05, 4.69) is 57.0 Å². The lowest BCUT2D eigenvalue weighted by molar-refractivity contribution is 0.0480. The Bertz CT molecular complexity index is 1130. The number of halogens is 2. The second kappa shape index (κ2) is 10.9. The number of carbonyl (C=O) groups excluding carboxylic acids is 1. The van der Waals surface area contributed by atoms with Gasteiger partial charge in [-0.25, -0.2) is 19.7 Å². The Morgan fingerprint density at radius 1 is 1.06 bits per heavy atom. The highest BCUT2D eigenvalue weighted by molar-refractivity contribution is 9.28. The Hall–Kier alpha value is -2.03. The van der Waals surface area contributed by atoms with Crippen LogP contribution < -0.4 is 4.90 Å². The second-order valence-corrected chi connectivity index (χ2v) is 12.3. The van der Waals surface area contributed by atoms with Crippen LogP contribution in [0.1, 0.15) is 61.6 Å². The van der Waals surface area contributed by atoms with Gasteiger partial charge in [0.15, 0.2) is 0 Å². The molecular weight excluding hydrogens is 572 g/mol. The number of nitrogens with zero attached hydrogens (tertiary/aromatic N) is 4. The minimum atomic E-state index is -0.146. The molecule has 0 spiro atoms. The summed E-state index contributed by atoms with van der Waals surface area (Å²) in [5.74, 6) is 0.957. The standard InChI is InChI=1S/C27H30Br2N4O2/c1-18-7-9-22-23(15-18)32(25-10-8-19(17-30-25)16-24(28)29)27(34)33(21-11-13-35-14-12-21)31-26(22)20-5-3-2-4-6-20/h7-10,15-17,20-21H,2-6,11-14H2,1H3. The van der Waals surface area contributed by atoms with Crippen molar-refractivity contribution in [3.05, 3.63) is 56.6 Å². The molecule has 0 radical (unpaired) electrons. The third kappa shape index (κ3) is 5.39. The number of carbonyl (C=O) groups is 1. The summed E-state index contributed by atoms with van der Waals surface area (Å²) in [5.41, 5.74) is 4.99. The van der Waals surface area contributed by atoms with Gasteiger partial charge >= 0.3 is 6.03 Å². The van der Waals surface area contributed by atoms with Crippen LogP contribution in [0.25, 0.3) is 6.08 Å². The normalized spacial score (nSPS) is 19.7. The molecule has 2 aliphatic heterocycles. The summed E-state index contributed by atoms with van der Waals surface area (Å²) >= 11 is 6.81. The number of hydrogen-bond acceptors (Lipinski definition) is 4. The molecule has 1 saturated heterocycles. The van der Waals surface area contributed by atoms with Crippen molar-refractivity contribution in [1.29, 1.82) is 0 Å². The van der Waals surface area contributed by atoms with E-state index in [0.717, 1.165) is 57.2 Å². The number of anilines is 2. The highest BCUT2D eigenvalue weighted by Gasteiger charge is 2.38. The Balaban J connectivity index is 1.64. The van der Waals surface area contributed by atoms with Crippen LogP contribution in [0.2, 0.25) is 0 Å². The molecule has 5 rings (SSSR count). The molecule has 3 heterocycles. The fraction of sp³-hybridized carbons (Fsp3) is 0.444. The third-order valence-corrected chi connectivity index (χ3v) is 7.53. The van der Waals surface area contributed by atoms with Crippen LogP contribution in [0.5, 0.6) is 0 Å². The molecule has 0 unspecified atom stereocenters. The smallest absolute Gasteiger partial charge is 0.351 e. The van der Waals surface area contributed by atoms with Crippen LogP contribution in [-0.2, 0) is 4.74 Å². The van der Waals surface area contributed by atoms with Gasteiger partial charge in [-0.15, -0.1) is 0 Å². The number of benzene rings is 1. The lowest BCUT2D eigenvalue weighted by Crippen LogP contribution is -2.45. The number of urea groups is 1. The Morgan fingerprint density at radius 3 is 2.51 bits per heavy atom. The molecule has 2 aromatic rings. The molecule has 0 bridgehead atoms. The van der Waals surface area contributed by atoms with E-state index in [9.17, 15) is 4.79 Å². The molecule has 3 aliphatic rings. The number of fused-ring (bicyclic) bond motifs is 1. The molecule has 0 atom stereocenters. The van der Waals surface area contributed by atoms with Gasteiger partial charge in [0.2, 0.25) is 0 Å². The van der Waals surface area contributed by atoms with Gasteiger partial charge in [0.05, 0.1) is 20.8 Å². The first-order chi connectivity index (χ1) is 17.0. The number of hydrazone groups is 1. The first-order valence-electron chi connectivity index (χ1n) is 12.4. The van der Waals surface area contributed by atoms with Crippen LogP contribution in [0, 0.1) is 12.8 Å². The van der Waals surface area contributed by atoms with Crippen LogP contribution >= 0.6 is 31.9 Å². The number of aryl methyl sites for hydroxylation is 1. The maximum atomic E-state index is 14.2. The summed E-state index contributed by atoms with van der Waals surface area (Å²) in [6.45, 7) is 3.36. The van der Waals surface area contributed by atoms with Gasteiger partial charge in [-0.2, -0.15) is 5.10 Å². The monoisotopic (exact) mass is 600 g/mol. The molecule has 2 fully saturated rings. The summed E-state index contributed by atoms with van der Waals surface area (Å²) in [4.78, 5) is 20.7. The second-order valence-electron chi connectivity index (χ2n) is 9.53. The van der Waals surface area contributed by atoms with E-state index in [-0.39, 0.29) is 12.1 Å². The lowest BCUT2D eigenvalue weighted by atomic mass is 9.82. The van der Waals surface area contributed by atoms with Crippen molar-refractivity contribution in [2.45, 2.75) is 57.9 Å². The predicted octanol–water partition coefficient (Wildman–Crippen LogP) is 7.52. The molecule has 1 aliphatic carbocycles. The molecule has 1 aromatic heterocycles. The summed E-state index contributed by atoms with van der Waals surface area (Å²) in [6.07, 6.45) is 11.2. The van der Waals surface area contributed by atoms with Crippen molar-refractivity contribution in [2.75, 3.05) is 18.1 Å². The first kappa shape index (κ1) is 24.7. The van der Waals surface area contributed by atoms with Crippen molar-refractivity contribution in [3.8, 4) is 0 Å². The Morgan fingerprint density at radius 2 is 1.83 bits per heavy atom. The molecule has 6 nitrogen and oxygen atoms in total. The number of rotatable bonds is 4. The molecule has 2 amide bonds. The summed E-state index contributed by atoms with van der Waals surface area (Å²) in [6, 6.07) is 10.1. The van der Waals surface area contributed by atoms with E-state index >= 15 is 0 Å². The largest absolute Gasteiger partial charge is 0.381 e. The average molecular weight is 602 g/mol. The Labute approximate surface area is 223 Å². The van der Waals surface area contributed by atoms with E-state index in [1.54, 1.807) is 16.1 Å². The van der Waals surface area contributed by atoms with Gasteiger partial charge < -0.3 is 4.74 Å². The fourth-order valence-corrected chi connectivity index (χ4v) is 5.80. The van der Waals surface area contributed by atoms with Gasteiger partial charge in [-0.1, -0.05) is 31.4 Å². The van der Waals surface area contributed by atoms with Crippen LogP contribution in [-0.4, -0.2) is 41.0 Å². The van der Waals surface area contributed by atoms with Crippen molar-refractivity contribution in [3.63, 3.8) is 0 Å². The topological polar surface area (TPSA) is 58.0 Å². The number of amides is 2. The zero-order valence-corrected chi connectivity index (χ0v) is 23.1. The quantitative estimate of drug-likeness (QED) is 0.364. The van der Waals surface area contributed by atoms with Gasteiger partial charge in [-0.05, 0) is 99.9 Å². The van der Waals surface area contributed by atoms with Gasteiger partial charge in [0.1, 0.15) is 5.82 Å². The molecular formula is C27H30Br2N4O2. The highest BCUT2D eigenvalue weighted by Crippen LogP contribution is 2.38. The van der Waals surface area contributed by atoms with E-state index < -0.39 is 0 Å². The van der Waals surface area contributed by atoms with Crippen molar-refractivity contribution in [2.24, 2.45) is 11.0 Å². The average Bonchev–Trinajstić information content (AvgIpc) is 2.99. The van der Waals surface area contributed by atoms with Gasteiger partial charge in [-0.3, -0.25) is 0 Å². The Kier molecular flexibility index (Phi) is 7.70. The van der Waals surface area contributed by atoms with Gasteiger partial charge in [0.25, 0.3) is 0 Å². The van der Waals surface area contributed by atoms with Crippen LogP contribution in [0.4, 0.5) is 16.3 Å². The van der Waals surface area contributed by atoms with Crippen LogP contribution in [0.15, 0.2) is 45.0 Å².